The highest BCUT2D eigenvalue weighted by Gasteiger charge is 2.71. The Hall–Kier alpha value is -1.95. The lowest BCUT2D eigenvalue weighted by Crippen LogP contribution is -2.72. The molecule has 2 bridgehead atoms. The molecule has 1 atom stereocenters. The van der Waals surface area contributed by atoms with E-state index >= 15 is 0 Å². The number of nitro groups is 1. The summed E-state index contributed by atoms with van der Waals surface area (Å²) < 4.78 is 4.70. The lowest BCUT2D eigenvalue weighted by molar-refractivity contribution is -0.384. The molecule has 0 aromatic heterocycles. The number of carbonyl (C=O) groups excluding carboxylic acids is 1. The highest BCUT2D eigenvalue weighted by Crippen LogP contribution is 2.74. The summed E-state index contributed by atoms with van der Waals surface area (Å²) in [6, 6.07) is 6.12. The molecule has 2 N–H and O–H groups in total. The van der Waals surface area contributed by atoms with Crippen molar-refractivity contribution in [2.45, 2.75) is 30.7 Å². The third-order valence-electron chi connectivity index (χ3n) is 4.88. The number of esters is 1. The Morgan fingerprint density at radius 3 is 2.35 bits per heavy atom. The quantitative estimate of drug-likeness (QED) is 0.511. The van der Waals surface area contributed by atoms with Crippen molar-refractivity contribution in [3.05, 3.63) is 39.9 Å². The largest absolute Gasteiger partial charge is 0.468 e. The van der Waals surface area contributed by atoms with Gasteiger partial charge >= 0.3 is 5.97 Å². The molecule has 20 heavy (non-hydrogen) atoms. The number of nitro benzene ring substituents is 1. The lowest BCUT2D eigenvalue weighted by atomic mass is 9.31. The Labute approximate surface area is 116 Å². The van der Waals surface area contributed by atoms with Crippen molar-refractivity contribution >= 4 is 11.7 Å². The Morgan fingerprint density at radius 2 is 1.90 bits per heavy atom. The summed E-state index contributed by atoms with van der Waals surface area (Å²) in [4.78, 5) is 21.8. The molecule has 0 spiro atoms. The van der Waals surface area contributed by atoms with Gasteiger partial charge in [-0.2, -0.15) is 0 Å². The number of nitrogens with two attached hydrogens (primary N) is 1. The second kappa shape index (κ2) is 4.02. The molecule has 0 amide bonds. The molecular weight excluding hydrogens is 260 g/mol. The fourth-order valence-corrected chi connectivity index (χ4v) is 3.82. The number of ether oxygens (including phenoxy) is 1. The molecule has 106 valence electrons. The van der Waals surface area contributed by atoms with E-state index in [-0.39, 0.29) is 22.5 Å². The first-order valence-electron chi connectivity index (χ1n) is 6.51. The number of hydrogen-bond donors (Lipinski definition) is 1. The van der Waals surface area contributed by atoms with Gasteiger partial charge in [0.25, 0.3) is 5.69 Å². The highest BCUT2D eigenvalue weighted by atomic mass is 16.6. The van der Waals surface area contributed by atoms with Gasteiger partial charge in [0.15, 0.2) is 0 Å². The predicted molar refractivity (Wildman–Crippen MR) is 71.0 cm³/mol. The summed E-state index contributed by atoms with van der Waals surface area (Å²) >= 11 is 0. The average Bonchev–Trinajstić information content (AvgIpc) is 2.35. The van der Waals surface area contributed by atoms with Gasteiger partial charge in [0, 0.05) is 12.1 Å². The standard InChI is InChI=1S/C14H16N2O4/c1-20-12(17)11(15)14-6-13(7-14,8-14)9-2-4-10(5-3-9)16(18)19/h2-5,11H,6-8,15H2,1H3. The fourth-order valence-electron chi connectivity index (χ4n) is 3.82. The summed E-state index contributed by atoms with van der Waals surface area (Å²) in [6.07, 6.45) is 2.57. The zero-order chi connectivity index (χ0) is 14.5. The minimum Gasteiger partial charge on any atom is -0.468 e. The summed E-state index contributed by atoms with van der Waals surface area (Å²) in [5.74, 6) is -0.359. The van der Waals surface area contributed by atoms with Crippen molar-refractivity contribution in [3.63, 3.8) is 0 Å². The van der Waals surface area contributed by atoms with Gasteiger partial charge in [-0.25, -0.2) is 0 Å². The minimum atomic E-state index is -0.563. The summed E-state index contributed by atoms with van der Waals surface area (Å²) in [7, 11) is 1.35. The monoisotopic (exact) mass is 276 g/mol. The van der Waals surface area contributed by atoms with Gasteiger partial charge in [-0.15, -0.1) is 0 Å². The van der Waals surface area contributed by atoms with Gasteiger partial charge in [-0.3, -0.25) is 14.9 Å². The molecule has 1 aromatic rings. The summed E-state index contributed by atoms with van der Waals surface area (Å²) in [5.41, 5.74) is 7.07. The molecule has 3 aliphatic carbocycles. The van der Waals surface area contributed by atoms with Gasteiger partial charge in [0.2, 0.25) is 0 Å². The lowest BCUT2D eigenvalue weighted by Gasteiger charge is -2.72. The van der Waals surface area contributed by atoms with Crippen LogP contribution in [-0.2, 0) is 14.9 Å². The third kappa shape index (κ3) is 1.57. The van der Waals surface area contributed by atoms with E-state index in [0.29, 0.717) is 0 Å². The Bertz CT molecular complexity index is 562. The highest BCUT2D eigenvalue weighted by molar-refractivity contribution is 5.77. The smallest absolute Gasteiger partial charge is 0.323 e. The van der Waals surface area contributed by atoms with Gasteiger partial charge in [-0.1, -0.05) is 12.1 Å². The molecule has 1 aromatic carbocycles. The van der Waals surface area contributed by atoms with Crippen LogP contribution in [0.15, 0.2) is 24.3 Å². The molecule has 6 heteroatoms. The average molecular weight is 276 g/mol. The maximum atomic E-state index is 11.5. The topological polar surface area (TPSA) is 95.5 Å². The molecule has 6 nitrogen and oxygen atoms in total. The number of rotatable bonds is 4. The van der Waals surface area contributed by atoms with E-state index in [0.717, 1.165) is 24.8 Å². The van der Waals surface area contributed by atoms with Crippen molar-refractivity contribution in [1.29, 1.82) is 0 Å². The zero-order valence-electron chi connectivity index (χ0n) is 11.2. The maximum Gasteiger partial charge on any atom is 0.323 e. The van der Waals surface area contributed by atoms with Crippen LogP contribution in [0.4, 0.5) is 5.69 Å². The minimum absolute atomic E-state index is 0.0563. The predicted octanol–water partition coefficient (Wildman–Crippen LogP) is 1.52. The van der Waals surface area contributed by atoms with E-state index in [1.54, 1.807) is 0 Å². The first kappa shape index (κ1) is 13.1. The Balaban J connectivity index is 1.72. The van der Waals surface area contributed by atoms with E-state index in [9.17, 15) is 14.9 Å². The Morgan fingerprint density at radius 1 is 1.35 bits per heavy atom. The molecular formula is C14H16N2O4. The van der Waals surface area contributed by atoms with Gasteiger partial charge in [-0.05, 0) is 35.7 Å². The second-order valence-electron chi connectivity index (χ2n) is 5.98. The Kier molecular flexibility index (Phi) is 2.62. The number of hydrogen-bond acceptors (Lipinski definition) is 5. The normalized spacial score (nSPS) is 31.7. The molecule has 0 heterocycles. The van der Waals surface area contributed by atoms with Gasteiger partial charge < -0.3 is 10.5 Å². The van der Waals surface area contributed by atoms with E-state index in [1.807, 2.05) is 12.1 Å². The summed E-state index contributed by atoms with van der Waals surface area (Å²) in [6.45, 7) is 0. The molecule has 0 saturated heterocycles. The van der Waals surface area contributed by atoms with E-state index in [2.05, 4.69) is 0 Å². The van der Waals surface area contributed by atoms with Gasteiger partial charge in [0.1, 0.15) is 6.04 Å². The van der Waals surface area contributed by atoms with Crippen LogP contribution in [0.1, 0.15) is 24.8 Å². The van der Waals surface area contributed by atoms with Crippen LogP contribution in [0.25, 0.3) is 0 Å². The summed E-state index contributed by atoms with van der Waals surface area (Å²) in [5, 5.41) is 10.6. The molecule has 0 aliphatic heterocycles. The van der Waals surface area contributed by atoms with Crippen LogP contribution in [-0.4, -0.2) is 24.0 Å². The van der Waals surface area contributed by atoms with Crippen molar-refractivity contribution < 1.29 is 14.5 Å². The third-order valence-corrected chi connectivity index (χ3v) is 4.88. The number of carbonyl (C=O) groups is 1. The number of nitrogens with zero attached hydrogens (tertiary/aromatic N) is 1. The number of methoxy groups -OCH3 is 1. The second-order valence-corrected chi connectivity index (χ2v) is 5.98. The molecule has 3 fully saturated rings. The van der Waals surface area contributed by atoms with Gasteiger partial charge in [0.05, 0.1) is 12.0 Å². The molecule has 3 aliphatic rings. The van der Waals surface area contributed by atoms with Crippen molar-refractivity contribution in [3.8, 4) is 0 Å². The molecule has 1 unspecified atom stereocenters. The van der Waals surface area contributed by atoms with Crippen molar-refractivity contribution in [2.24, 2.45) is 11.1 Å². The number of benzene rings is 1. The first-order valence-corrected chi connectivity index (χ1v) is 6.51. The van der Waals surface area contributed by atoms with E-state index in [4.69, 9.17) is 10.5 Å². The fraction of sp³-hybridized carbons (Fsp3) is 0.500. The maximum absolute atomic E-state index is 11.5. The van der Waals surface area contributed by atoms with E-state index < -0.39 is 11.0 Å². The van der Waals surface area contributed by atoms with Crippen LogP contribution in [0.3, 0.4) is 0 Å². The van der Waals surface area contributed by atoms with Crippen molar-refractivity contribution in [2.75, 3.05) is 7.11 Å². The van der Waals surface area contributed by atoms with Crippen LogP contribution < -0.4 is 5.73 Å². The van der Waals surface area contributed by atoms with E-state index in [1.165, 1.54) is 19.2 Å². The van der Waals surface area contributed by atoms with Crippen LogP contribution in [0.5, 0.6) is 0 Å². The van der Waals surface area contributed by atoms with Crippen molar-refractivity contribution in [1.82, 2.24) is 0 Å². The van der Waals surface area contributed by atoms with Crippen LogP contribution >= 0.6 is 0 Å². The molecule has 3 saturated carbocycles. The zero-order valence-corrected chi connectivity index (χ0v) is 11.2. The first-order chi connectivity index (χ1) is 9.42. The number of non-ortho nitro benzene ring substituents is 1. The van der Waals surface area contributed by atoms with Crippen LogP contribution in [0.2, 0.25) is 0 Å². The SMILES string of the molecule is COC(=O)C(N)C12CC(c3ccc([N+](=O)[O-])cc3)(C1)C2. The molecule has 0 radical (unpaired) electrons. The molecule has 4 rings (SSSR count). The van der Waals surface area contributed by atoms with Crippen LogP contribution in [0, 0.1) is 15.5 Å².